The van der Waals surface area contributed by atoms with E-state index >= 15 is 0 Å². The van der Waals surface area contributed by atoms with Gasteiger partial charge in [0.15, 0.2) is 5.82 Å². The fourth-order valence-electron chi connectivity index (χ4n) is 1.87. The van der Waals surface area contributed by atoms with E-state index in [1.807, 2.05) is 6.07 Å². The van der Waals surface area contributed by atoms with Gasteiger partial charge in [0.25, 0.3) is 0 Å². The zero-order valence-corrected chi connectivity index (χ0v) is 12.3. The summed E-state index contributed by atoms with van der Waals surface area (Å²) in [7, 11) is 0. The molecule has 0 bridgehead atoms. The second-order valence-corrected chi connectivity index (χ2v) is 5.36. The van der Waals surface area contributed by atoms with Gasteiger partial charge in [-0.05, 0) is 12.1 Å². The van der Waals surface area contributed by atoms with Crippen LogP contribution in [0.2, 0.25) is 10.0 Å². The van der Waals surface area contributed by atoms with Gasteiger partial charge in [-0.2, -0.15) is 10.2 Å². The van der Waals surface area contributed by atoms with E-state index in [4.69, 9.17) is 33.2 Å². The smallest absolute Gasteiger partial charge is 0.217 e. The van der Waals surface area contributed by atoms with Crippen LogP contribution >= 0.6 is 23.2 Å². The number of ether oxygens (including phenoxy) is 1. The lowest BCUT2D eigenvalue weighted by Gasteiger charge is -2.27. The van der Waals surface area contributed by atoms with Crippen LogP contribution in [0.5, 0.6) is 5.88 Å². The Labute approximate surface area is 131 Å². The molecule has 0 radical (unpaired) electrons. The van der Waals surface area contributed by atoms with Crippen molar-refractivity contribution in [1.82, 2.24) is 15.3 Å². The summed E-state index contributed by atoms with van der Waals surface area (Å²) in [4.78, 5) is 8.53. The number of nitriles is 1. The lowest BCUT2D eigenvalue weighted by molar-refractivity contribution is 0.136. The maximum Gasteiger partial charge on any atom is 0.217 e. The third kappa shape index (κ3) is 2.93. The minimum Gasteiger partial charge on any atom is -0.472 e. The highest BCUT2D eigenvalue weighted by atomic mass is 35.5. The molecule has 0 unspecified atom stereocenters. The predicted molar refractivity (Wildman–Crippen MR) is 79.5 cm³/mol. The second kappa shape index (κ2) is 5.86. The first-order valence-electron chi connectivity index (χ1n) is 6.27. The summed E-state index contributed by atoms with van der Waals surface area (Å²) in [6.07, 6.45) is 1.75. The maximum absolute atomic E-state index is 8.96. The summed E-state index contributed by atoms with van der Waals surface area (Å²) >= 11 is 12.1. The molecule has 0 atom stereocenters. The monoisotopic (exact) mass is 320 g/mol. The first-order valence-corrected chi connectivity index (χ1v) is 7.03. The van der Waals surface area contributed by atoms with Gasteiger partial charge in [-0.15, -0.1) is 0 Å². The predicted octanol–water partition coefficient (Wildman–Crippen LogP) is 2.67. The quantitative estimate of drug-likeness (QED) is 0.941. The molecule has 1 saturated heterocycles. The Hall–Kier alpha value is -1.87. The average molecular weight is 321 g/mol. The summed E-state index contributed by atoms with van der Waals surface area (Å²) in [6, 6.07) is 6.90. The number of hydrogen-bond acceptors (Lipinski definition) is 5. The minimum atomic E-state index is 0.140. The van der Waals surface area contributed by atoms with Gasteiger partial charge in [0.05, 0.1) is 15.6 Å². The van der Waals surface area contributed by atoms with E-state index in [0.717, 1.165) is 13.1 Å². The molecule has 1 N–H and O–H groups in total. The van der Waals surface area contributed by atoms with Gasteiger partial charge in [0.2, 0.25) is 5.88 Å². The molecule has 21 heavy (non-hydrogen) atoms. The van der Waals surface area contributed by atoms with Gasteiger partial charge in [0.1, 0.15) is 12.2 Å². The molecule has 0 amide bonds. The third-order valence-corrected chi connectivity index (χ3v) is 3.67. The number of halogens is 2. The normalized spacial score (nSPS) is 14.3. The Kier molecular flexibility index (Phi) is 3.93. The van der Waals surface area contributed by atoms with Crippen LogP contribution in [0.4, 0.5) is 0 Å². The van der Waals surface area contributed by atoms with Crippen molar-refractivity contribution in [3.05, 3.63) is 40.0 Å². The number of nitrogens with one attached hydrogen (secondary N) is 1. The number of hydrogen-bond donors (Lipinski definition) is 1. The average Bonchev–Trinajstić information content (AvgIpc) is 2.43. The van der Waals surface area contributed by atoms with E-state index in [0.29, 0.717) is 17.3 Å². The van der Waals surface area contributed by atoms with E-state index in [-0.39, 0.29) is 21.7 Å². The number of aromatic nitrogens is 2. The fraction of sp³-hybridized carbons (Fsp3) is 0.214. The van der Waals surface area contributed by atoms with Gasteiger partial charge in [-0.3, -0.25) is 0 Å². The van der Waals surface area contributed by atoms with Crippen molar-refractivity contribution in [2.24, 2.45) is 0 Å². The highest BCUT2D eigenvalue weighted by Crippen LogP contribution is 2.30. The van der Waals surface area contributed by atoms with Gasteiger partial charge < -0.3 is 10.1 Å². The Morgan fingerprint density at radius 2 is 2.00 bits per heavy atom. The molecular formula is C14H10Cl2N4O. The molecule has 0 spiro atoms. The molecule has 1 aliphatic rings. The Morgan fingerprint density at radius 1 is 1.29 bits per heavy atom. The summed E-state index contributed by atoms with van der Waals surface area (Å²) in [5, 5.41) is 12.6. The van der Waals surface area contributed by atoms with Crippen LogP contribution in [0.15, 0.2) is 24.4 Å². The zero-order valence-electron chi connectivity index (χ0n) is 10.8. The van der Waals surface area contributed by atoms with E-state index in [2.05, 4.69) is 15.3 Å². The van der Waals surface area contributed by atoms with Gasteiger partial charge in [-0.1, -0.05) is 23.2 Å². The van der Waals surface area contributed by atoms with Crippen molar-refractivity contribution in [3.8, 4) is 23.3 Å². The molecule has 0 saturated carbocycles. The summed E-state index contributed by atoms with van der Waals surface area (Å²) < 4.78 is 5.69. The molecule has 2 aromatic rings. The van der Waals surface area contributed by atoms with Crippen molar-refractivity contribution in [3.63, 3.8) is 0 Å². The first kappa shape index (κ1) is 14.1. The van der Waals surface area contributed by atoms with E-state index < -0.39 is 0 Å². The van der Waals surface area contributed by atoms with E-state index in [1.165, 1.54) is 0 Å². The molecule has 2 heterocycles. The highest BCUT2D eigenvalue weighted by molar-refractivity contribution is 6.37. The summed E-state index contributed by atoms with van der Waals surface area (Å²) in [5.41, 5.74) is 0.885. The molecule has 1 aromatic heterocycles. The van der Waals surface area contributed by atoms with Crippen LogP contribution < -0.4 is 10.1 Å². The minimum absolute atomic E-state index is 0.140. The number of nitrogens with zero attached hydrogens (tertiary/aromatic N) is 3. The van der Waals surface area contributed by atoms with Gasteiger partial charge >= 0.3 is 0 Å². The molecule has 0 aliphatic carbocycles. The molecule has 1 fully saturated rings. The Morgan fingerprint density at radius 3 is 2.57 bits per heavy atom. The summed E-state index contributed by atoms with van der Waals surface area (Å²) in [6.45, 7) is 1.63. The highest BCUT2D eigenvalue weighted by Gasteiger charge is 2.19. The van der Waals surface area contributed by atoms with Crippen molar-refractivity contribution in [2.45, 2.75) is 6.10 Å². The van der Waals surface area contributed by atoms with Crippen molar-refractivity contribution in [2.75, 3.05) is 13.1 Å². The van der Waals surface area contributed by atoms with Crippen LogP contribution in [0.3, 0.4) is 0 Å². The molecule has 5 nitrogen and oxygen atoms in total. The van der Waals surface area contributed by atoms with E-state index in [1.54, 1.807) is 24.4 Å². The molecule has 1 aliphatic heterocycles. The lowest BCUT2D eigenvalue weighted by atomic mass is 10.1. The second-order valence-electron chi connectivity index (χ2n) is 4.54. The van der Waals surface area contributed by atoms with Crippen LogP contribution in [-0.2, 0) is 0 Å². The van der Waals surface area contributed by atoms with Crippen LogP contribution in [0, 0.1) is 11.3 Å². The third-order valence-electron chi connectivity index (χ3n) is 3.07. The zero-order chi connectivity index (χ0) is 14.8. The molecular weight excluding hydrogens is 311 g/mol. The molecule has 1 aromatic carbocycles. The molecule has 106 valence electrons. The van der Waals surface area contributed by atoms with Crippen LogP contribution in [0.1, 0.15) is 5.56 Å². The number of rotatable bonds is 3. The maximum atomic E-state index is 8.96. The SMILES string of the molecule is N#Cc1c(Cl)cc(-c2nccc(OC3CNC3)n2)cc1Cl. The molecule has 3 rings (SSSR count). The number of benzene rings is 1. The first-order chi connectivity index (χ1) is 10.2. The van der Waals surface area contributed by atoms with E-state index in [9.17, 15) is 0 Å². The Balaban J connectivity index is 1.93. The Bertz CT molecular complexity index is 702. The molecule has 7 heteroatoms. The van der Waals surface area contributed by atoms with Gasteiger partial charge in [0, 0.05) is 30.9 Å². The largest absolute Gasteiger partial charge is 0.472 e. The summed E-state index contributed by atoms with van der Waals surface area (Å²) in [5.74, 6) is 0.955. The van der Waals surface area contributed by atoms with Gasteiger partial charge in [-0.25, -0.2) is 4.98 Å². The standard InChI is InChI=1S/C14H10Cl2N4O/c15-11-3-8(4-12(16)10(11)5-17)14-19-2-1-13(20-14)21-9-6-18-7-9/h1-4,9,18H,6-7H2. The van der Waals surface area contributed by atoms with Crippen LogP contribution in [-0.4, -0.2) is 29.2 Å². The fourth-order valence-corrected chi connectivity index (χ4v) is 2.44. The van der Waals surface area contributed by atoms with Crippen LogP contribution in [0.25, 0.3) is 11.4 Å². The lowest BCUT2D eigenvalue weighted by Crippen LogP contribution is -2.50. The van der Waals surface area contributed by atoms with Crippen molar-refractivity contribution >= 4 is 23.2 Å². The van der Waals surface area contributed by atoms with Crippen molar-refractivity contribution in [1.29, 1.82) is 5.26 Å². The topological polar surface area (TPSA) is 70.8 Å². The van der Waals surface area contributed by atoms with Crippen molar-refractivity contribution < 1.29 is 4.74 Å².